The molecule has 2 N–H and O–H groups in total. The summed E-state index contributed by atoms with van der Waals surface area (Å²) in [6.45, 7) is 8.39. The van der Waals surface area contributed by atoms with E-state index in [1.54, 1.807) is 0 Å². The Balaban J connectivity index is 2.60. The molecule has 1 amide bonds. The van der Waals surface area contributed by atoms with Gasteiger partial charge in [0.25, 0.3) is 0 Å². The van der Waals surface area contributed by atoms with Crippen molar-refractivity contribution < 1.29 is 4.79 Å². The number of rotatable bonds is 3. The SMILES string of the molecule is Cc1cccc(NC(=O)CNC(C)(C)C)c1Br. The van der Waals surface area contributed by atoms with Crippen molar-refractivity contribution >= 4 is 27.5 Å². The van der Waals surface area contributed by atoms with Crippen LogP contribution in [0.25, 0.3) is 0 Å². The number of benzene rings is 1. The minimum atomic E-state index is -0.0544. The molecule has 0 aliphatic heterocycles. The molecule has 0 atom stereocenters. The lowest BCUT2D eigenvalue weighted by Crippen LogP contribution is -2.41. The summed E-state index contributed by atoms with van der Waals surface area (Å²) in [5, 5.41) is 6.02. The molecule has 0 radical (unpaired) electrons. The average molecular weight is 299 g/mol. The zero-order valence-corrected chi connectivity index (χ0v) is 12.3. The van der Waals surface area contributed by atoms with Gasteiger partial charge in [-0.1, -0.05) is 12.1 Å². The maximum Gasteiger partial charge on any atom is 0.238 e. The van der Waals surface area contributed by atoms with Crippen LogP contribution in [-0.2, 0) is 4.79 Å². The second-order valence-corrected chi connectivity index (χ2v) is 5.88. The summed E-state index contributed by atoms with van der Waals surface area (Å²) >= 11 is 3.46. The normalized spacial score (nSPS) is 11.4. The summed E-state index contributed by atoms with van der Waals surface area (Å²) in [5.41, 5.74) is 1.86. The van der Waals surface area contributed by atoms with E-state index in [0.29, 0.717) is 6.54 Å². The van der Waals surface area contributed by atoms with Crippen LogP contribution in [0.15, 0.2) is 22.7 Å². The molecular weight excluding hydrogens is 280 g/mol. The van der Waals surface area contributed by atoms with Crippen LogP contribution in [0.5, 0.6) is 0 Å². The Morgan fingerprint density at radius 1 is 1.35 bits per heavy atom. The molecule has 0 saturated heterocycles. The fraction of sp³-hybridized carbons (Fsp3) is 0.462. The minimum Gasteiger partial charge on any atom is -0.324 e. The average Bonchev–Trinajstić information content (AvgIpc) is 2.21. The van der Waals surface area contributed by atoms with Crippen molar-refractivity contribution in [3.63, 3.8) is 0 Å². The Kier molecular flexibility index (Phi) is 4.71. The van der Waals surface area contributed by atoms with Crippen molar-refractivity contribution in [1.82, 2.24) is 5.32 Å². The van der Waals surface area contributed by atoms with Gasteiger partial charge in [0.1, 0.15) is 0 Å². The predicted molar refractivity (Wildman–Crippen MR) is 75.3 cm³/mol. The van der Waals surface area contributed by atoms with Gasteiger partial charge in [0.15, 0.2) is 0 Å². The number of carbonyl (C=O) groups is 1. The van der Waals surface area contributed by atoms with Crippen LogP contribution < -0.4 is 10.6 Å². The van der Waals surface area contributed by atoms with Crippen LogP contribution in [0.3, 0.4) is 0 Å². The molecule has 17 heavy (non-hydrogen) atoms. The molecule has 0 spiro atoms. The molecule has 4 heteroatoms. The van der Waals surface area contributed by atoms with Gasteiger partial charge in [-0.25, -0.2) is 0 Å². The molecule has 0 bridgehead atoms. The molecule has 94 valence electrons. The number of carbonyl (C=O) groups excluding carboxylic acids is 1. The van der Waals surface area contributed by atoms with E-state index in [0.717, 1.165) is 15.7 Å². The Morgan fingerprint density at radius 2 is 2.00 bits per heavy atom. The number of halogens is 1. The van der Waals surface area contributed by atoms with E-state index in [1.807, 2.05) is 45.9 Å². The number of anilines is 1. The van der Waals surface area contributed by atoms with E-state index in [9.17, 15) is 4.79 Å². The molecule has 1 aromatic carbocycles. The first-order valence-corrected chi connectivity index (χ1v) is 6.39. The standard InChI is InChI=1S/C13H19BrN2O/c1-9-6-5-7-10(12(9)14)16-11(17)8-15-13(2,3)4/h5-7,15H,8H2,1-4H3,(H,16,17). The van der Waals surface area contributed by atoms with Gasteiger partial charge >= 0.3 is 0 Å². The molecule has 0 aliphatic carbocycles. The topological polar surface area (TPSA) is 41.1 Å². The summed E-state index contributed by atoms with van der Waals surface area (Å²) in [4.78, 5) is 11.7. The number of hydrogen-bond acceptors (Lipinski definition) is 2. The lowest BCUT2D eigenvalue weighted by Gasteiger charge is -2.20. The summed E-state index contributed by atoms with van der Waals surface area (Å²) in [6.07, 6.45) is 0. The summed E-state index contributed by atoms with van der Waals surface area (Å²) in [5.74, 6) is -0.0359. The molecular formula is C13H19BrN2O. The summed E-state index contributed by atoms with van der Waals surface area (Å²) in [6, 6.07) is 5.80. The lowest BCUT2D eigenvalue weighted by molar-refractivity contribution is -0.115. The highest BCUT2D eigenvalue weighted by molar-refractivity contribution is 9.10. The monoisotopic (exact) mass is 298 g/mol. The lowest BCUT2D eigenvalue weighted by atomic mass is 10.1. The first-order chi connectivity index (χ1) is 7.79. The quantitative estimate of drug-likeness (QED) is 0.900. The molecule has 1 rings (SSSR count). The van der Waals surface area contributed by atoms with Crippen LogP contribution >= 0.6 is 15.9 Å². The molecule has 0 unspecified atom stereocenters. The van der Waals surface area contributed by atoms with Gasteiger partial charge in [-0.05, 0) is 55.3 Å². The largest absolute Gasteiger partial charge is 0.324 e. The van der Waals surface area contributed by atoms with E-state index in [1.165, 1.54) is 0 Å². The highest BCUT2D eigenvalue weighted by atomic mass is 79.9. The Bertz CT molecular complexity index is 410. The maximum absolute atomic E-state index is 11.7. The third-order valence-corrected chi connectivity index (χ3v) is 3.30. The molecule has 0 aromatic heterocycles. The predicted octanol–water partition coefficient (Wildman–Crippen LogP) is 3.08. The van der Waals surface area contributed by atoms with Gasteiger partial charge in [0.2, 0.25) is 5.91 Å². The minimum absolute atomic E-state index is 0.0359. The third-order valence-electron chi connectivity index (χ3n) is 2.25. The second-order valence-electron chi connectivity index (χ2n) is 5.09. The molecule has 0 heterocycles. The van der Waals surface area contributed by atoms with Crippen LogP contribution in [-0.4, -0.2) is 18.0 Å². The van der Waals surface area contributed by atoms with Crippen LogP contribution in [0.1, 0.15) is 26.3 Å². The fourth-order valence-corrected chi connectivity index (χ4v) is 1.65. The Labute approximate surface area is 111 Å². The molecule has 0 saturated carbocycles. The maximum atomic E-state index is 11.7. The second kappa shape index (κ2) is 5.65. The Morgan fingerprint density at radius 3 is 2.59 bits per heavy atom. The van der Waals surface area contributed by atoms with Gasteiger partial charge in [-0.15, -0.1) is 0 Å². The van der Waals surface area contributed by atoms with Crippen molar-refractivity contribution in [2.75, 3.05) is 11.9 Å². The van der Waals surface area contributed by atoms with Crippen LogP contribution in [0.4, 0.5) is 5.69 Å². The van der Waals surface area contributed by atoms with Crippen LogP contribution in [0, 0.1) is 6.92 Å². The van der Waals surface area contributed by atoms with Crippen molar-refractivity contribution in [3.8, 4) is 0 Å². The van der Waals surface area contributed by atoms with E-state index in [-0.39, 0.29) is 11.4 Å². The first-order valence-electron chi connectivity index (χ1n) is 5.59. The highest BCUT2D eigenvalue weighted by Gasteiger charge is 2.12. The van der Waals surface area contributed by atoms with E-state index >= 15 is 0 Å². The number of hydrogen-bond donors (Lipinski definition) is 2. The number of amides is 1. The molecule has 0 aliphatic rings. The van der Waals surface area contributed by atoms with E-state index in [2.05, 4.69) is 26.6 Å². The van der Waals surface area contributed by atoms with Crippen molar-refractivity contribution in [1.29, 1.82) is 0 Å². The zero-order chi connectivity index (χ0) is 13.1. The summed E-state index contributed by atoms with van der Waals surface area (Å²) in [7, 11) is 0. The van der Waals surface area contributed by atoms with Crippen LogP contribution in [0.2, 0.25) is 0 Å². The highest BCUT2D eigenvalue weighted by Crippen LogP contribution is 2.25. The molecule has 3 nitrogen and oxygen atoms in total. The number of nitrogens with one attached hydrogen (secondary N) is 2. The van der Waals surface area contributed by atoms with Crippen molar-refractivity contribution in [2.45, 2.75) is 33.2 Å². The van der Waals surface area contributed by atoms with Gasteiger partial charge in [-0.2, -0.15) is 0 Å². The number of aryl methyl sites for hydroxylation is 1. The van der Waals surface area contributed by atoms with Crippen molar-refractivity contribution in [2.24, 2.45) is 0 Å². The van der Waals surface area contributed by atoms with Crippen molar-refractivity contribution in [3.05, 3.63) is 28.2 Å². The smallest absolute Gasteiger partial charge is 0.238 e. The van der Waals surface area contributed by atoms with Gasteiger partial charge in [0, 0.05) is 10.0 Å². The molecule has 0 fully saturated rings. The Hall–Kier alpha value is -0.870. The van der Waals surface area contributed by atoms with Gasteiger partial charge in [-0.3, -0.25) is 4.79 Å². The first kappa shape index (κ1) is 14.2. The van der Waals surface area contributed by atoms with E-state index < -0.39 is 0 Å². The summed E-state index contributed by atoms with van der Waals surface area (Å²) < 4.78 is 0.934. The molecule has 1 aromatic rings. The fourth-order valence-electron chi connectivity index (χ4n) is 1.28. The zero-order valence-electron chi connectivity index (χ0n) is 10.7. The van der Waals surface area contributed by atoms with E-state index in [4.69, 9.17) is 0 Å². The van der Waals surface area contributed by atoms with Gasteiger partial charge < -0.3 is 10.6 Å². The third kappa shape index (κ3) is 4.88. The van der Waals surface area contributed by atoms with Gasteiger partial charge in [0.05, 0.1) is 12.2 Å².